The maximum absolute atomic E-state index is 2.36. The summed E-state index contributed by atoms with van der Waals surface area (Å²) in [6.45, 7) is 0. The summed E-state index contributed by atoms with van der Waals surface area (Å²) in [6, 6.07) is 0. The molecule has 3 aliphatic rings. The van der Waals surface area contributed by atoms with Gasteiger partial charge in [0, 0.05) is 0 Å². The summed E-state index contributed by atoms with van der Waals surface area (Å²) in [4.78, 5) is 3.12. The Morgan fingerprint density at radius 2 is 1.45 bits per heavy atom. The van der Waals surface area contributed by atoms with Crippen molar-refractivity contribution in [2.75, 3.05) is 0 Å². The van der Waals surface area contributed by atoms with E-state index in [0.29, 0.717) is 13.8 Å². The number of allylic oxidation sites excluding steroid dienone is 8. The molecule has 0 aromatic heterocycles. The third kappa shape index (κ3) is 4.00. The zero-order valence-corrected chi connectivity index (χ0v) is 16.4. The molecule has 0 aromatic rings. The van der Waals surface area contributed by atoms with Gasteiger partial charge in [-0.3, -0.25) is 0 Å². The van der Waals surface area contributed by atoms with Gasteiger partial charge in [-0.15, -0.1) is 0 Å². The van der Waals surface area contributed by atoms with Gasteiger partial charge in [0.25, 0.3) is 0 Å². The van der Waals surface area contributed by atoms with Crippen LogP contribution in [0, 0.1) is 0 Å². The van der Waals surface area contributed by atoms with Crippen LogP contribution in [-0.4, -0.2) is 27.7 Å². The molecule has 0 nitrogen and oxygen atoms in total. The van der Waals surface area contributed by atoms with Gasteiger partial charge in [-0.2, -0.15) is 0 Å². The van der Waals surface area contributed by atoms with Crippen LogP contribution in [0.5, 0.6) is 0 Å². The molecule has 0 fully saturated rings. The first-order valence-corrected chi connectivity index (χ1v) is 15.2. The molecule has 4 heteroatoms. The molecular weight excluding hydrogens is 414 g/mol. The van der Waals surface area contributed by atoms with Gasteiger partial charge in [0.2, 0.25) is 0 Å². The van der Waals surface area contributed by atoms with Crippen molar-refractivity contribution in [3.63, 3.8) is 0 Å². The molecule has 20 heavy (non-hydrogen) atoms. The van der Waals surface area contributed by atoms with E-state index in [1.54, 1.807) is 9.81 Å². The molecule has 0 saturated heterocycles. The van der Waals surface area contributed by atoms with E-state index in [0.717, 1.165) is 13.8 Å². The van der Waals surface area contributed by atoms with Crippen LogP contribution in [0.1, 0.15) is 25.7 Å². The van der Waals surface area contributed by atoms with Crippen molar-refractivity contribution in [3.8, 4) is 0 Å². The summed E-state index contributed by atoms with van der Waals surface area (Å²) < 4.78 is 0. The van der Waals surface area contributed by atoms with E-state index in [-0.39, 0.29) is 0 Å². The predicted molar refractivity (Wildman–Crippen MR) is 96.2 cm³/mol. The average Bonchev–Trinajstić information content (AvgIpc) is 3.08. The second-order valence-electron chi connectivity index (χ2n) is 4.84. The Bertz CT molecular complexity index is 499. The second-order valence-corrected chi connectivity index (χ2v) is 13.3. The summed E-state index contributed by atoms with van der Waals surface area (Å²) >= 11 is 1.43. The van der Waals surface area contributed by atoms with Crippen LogP contribution in [0.4, 0.5) is 0 Å². The first-order valence-electron chi connectivity index (χ1n) is 7.06. The molecule has 2 aliphatic carbocycles. The molecular formula is C16H18S2Se2. The summed E-state index contributed by atoms with van der Waals surface area (Å²) in [6.07, 6.45) is 19.3. The van der Waals surface area contributed by atoms with E-state index in [1.807, 2.05) is 0 Å². The summed E-state index contributed by atoms with van der Waals surface area (Å²) in [5.41, 5.74) is 2.87. The van der Waals surface area contributed by atoms with Crippen molar-refractivity contribution in [2.45, 2.75) is 36.3 Å². The molecule has 0 N–H and O–H groups in total. The van der Waals surface area contributed by atoms with E-state index >= 15 is 0 Å². The molecule has 0 amide bonds. The number of rotatable bonds is 0. The fraction of sp³-hybridized carbons (Fsp3) is 0.375. The van der Waals surface area contributed by atoms with Gasteiger partial charge in [-0.05, 0) is 0 Å². The van der Waals surface area contributed by atoms with Gasteiger partial charge >= 0.3 is 142 Å². The van der Waals surface area contributed by atoms with Crippen molar-refractivity contribution in [3.05, 3.63) is 57.4 Å². The van der Waals surface area contributed by atoms with Gasteiger partial charge in [-0.25, -0.2) is 0 Å². The van der Waals surface area contributed by atoms with Crippen molar-refractivity contribution in [2.24, 2.45) is 0 Å². The molecule has 0 unspecified atom stereocenters. The van der Waals surface area contributed by atoms with Crippen LogP contribution >= 0.6 is 20.4 Å². The molecule has 1 aliphatic heterocycles. The van der Waals surface area contributed by atoms with Gasteiger partial charge in [0.15, 0.2) is 0 Å². The zero-order valence-electron chi connectivity index (χ0n) is 11.3. The predicted octanol–water partition coefficient (Wildman–Crippen LogP) is 5.31. The Morgan fingerprint density at radius 1 is 0.750 bits per heavy atom. The summed E-state index contributed by atoms with van der Waals surface area (Å²) in [7, 11) is 4.28. The molecule has 106 valence electrons. The van der Waals surface area contributed by atoms with Crippen molar-refractivity contribution in [1.82, 2.24) is 0 Å². The molecule has 0 atom stereocenters. The number of hydrogen-bond acceptors (Lipinski definition) is 2. The standard InChI is InChI=1S/C16H18S2Se2/c1-2-6-12-20-18-16-14(13-7-3-4-8-13)9-10-15(16)17-19-11-5-1/h3-4,7-10H,1-2,5-6,11-12H2. The van der Waals surface area contributed by atoms with Gasteiger partial charge in [0.05, 0.1) is 0 Å². The summed E-state index contributed by atoms with van der Waals surface area (Å²) in [5.74, 6) is 0. The van der Waals surface area contributed by atoms with Crippen LogP contribution in [0.15, 0.2) is 57.4 Å². The minimum absolute atomic E-state index is 0.706. The minimum atomic E-state index is 0.706. The molecule has 0 radical (unpaired) electrons. The first kappa shape index (κ1) is 15.3. The Balaban J connectivity index is 1.80. The second kappa shape index (κ2) is 8.17. The SMILES string of the molecule is C1=CC(=C2C=CC3=C2S[Se]CCCCCC[Se]S3)C=C1. The van der Waals surface area contributed by atoms with E-state index in [2.05, 4.69) is 56.8 Å². The van der Waals surface area contributed by atoms with Crippen LogP contribution in [0.3, 0.4) is 0 Å². The van der Waals surface area contributed by atoms with Crippen molar-refractivity contribution in [1.29, 1.82) is 0 Å². The topological polar surface area (TPSA) is 0 Å². The molecule has 0 saturated carbocycles. The van der Waals surface area contributed by atoms with E-state index < -0.39 is 0 Å². The van der Waals surface area contributed by atoms with Crippen molar-refractivity contribution < 1.29 is 0 Å². The Hall–Kier alpha value is 0.439. The third-order valence-electron chi connectivity index (χ3n) is 3.34. The normalized spacial score (nSPS) is 24.0. The Labute approximate surface area is 141 Å². The quantitative estimate of drug-likeness (QED) is 0.476. The van der Waals surface area contributed by atoms with Crippen LogP contribution in [-0.2, 0) is 0 Å². The molecule has 1 heterocycles. The molecule has 0 spiro atoms. The van der Waals surface area contributed by atoms with Gasteiger partial charge in [-0.1, -0.05) is 0 Å². The van der Waals surface area contributed by atoms with Crippen LogP contribution in [0.2, 0.25) is 10.6 Å². The fourth-order valence-electron chi connectivity index (χ4n) is 2.26. The monoisotopic (exact) mass is 434 g/mol. The van der Waals surface area contributed by atoms with Crippen LogP contribution < -0.4 is 0 Å². The fourth-order valence-corrected chi connectivity index (χ4v) is 11.5. The van der Waals surface area contributed by atoms with Crippen molar-refractivity contribution >= 4 is 48.0 Å². The third-order valence-corrected chi connectivity index (χ3v) is 12.1. The van der Waals surface area contributed by atoms with Gasteiger partial charge < -0.3 is 0 Å². The maximum atomic E-state index is 2.36. The summed E-state index contributed by atoms with van der Waals surface area (Å²) in [5, 5.41) is 2.86. The molecule has 3 rings (SSSR count). The van der Waals surface area contributed by atoms with E-state index in [1.165, 1.54) is 47.5 Å². The Kier molecular flexibility index (Phi) is 6.27. The molecule has 0 aromatic carbocycles. The van der Waals surface area contributed by atoms with Gasteiger partial charge in [0.1, 0.15) is 0 Å². The zero-order chi connectivity index (χ0) is 13.6. The van der Waals surface area contributed by atoms with Crippen LogP contribution in [0.25, 0.3) is 0 Å². The van der Waals surface area contributed by atoms with E-state index in [9.17, 15) is 0 Å². The Morgan fingerprint density at radius 3 is 2.20 bits per heavy atom. The number of hydrogen-bond donors (Lipinski definition) is 0. The molecule has 0 bridgehead atoms. The average molecular weight is 432 g/mol. The van der Waals surface area contributed by atoms with E-state index in [4.69, 9.17) is 0 Å². The first-order chi connectivity index (χ1) is 9.95.